The lowest BCUT2D eigenvalue weighted by Gasteiger charge is -2.37. The van der Waals surface area contributed by atoms with Crippen molar-refractivity contribution < 1.29 is 4.79 Å². The number of rotatable bonds is 5. The summed E-state index contributed by atoms with van der Waals surface area (Å²) in [7, 11) is 2.03. The summed E-state index contributed by atoms with van der Waals surface area (Å²) in [5.41, 5.74) is 8.14. The molecule has 1 saturated carbocycles. The van der Waals surface area contributed by atoms with Crippen molar-refractivity contribution in [2.75, 3.05) is 26.2 Å². The first-order valence-electron chi connectivity index (χ1n) is 9.32. The van der Waals surface area contributed by atoms with Crippen molar-refractivity contribution in [3.63, 3.8) is 0 Å². The van der Waals surface area contributed by atoms with Gasteiger partial charge in [-0.3, -0.25) is 19.3 Å². The SMILES string of the molecule is C[C@@H](C(N)=O)N1CCN(Cc2cn(C)nc2C2CCCCC2)CC1. The zero-order valence-corrected chi connectivity index (χ0v) is 15.1. The van der Waals surface area contributed by atoms with Gasteiger partial charge in [0.05, 0.1) is 11.7 Å². The van der Waals surface area contributed by atoms with E-state index in [2.05, 4.69) is 16.0 Å². The van der Waals surface area contributed by atoms with Gasteiger partial charge in [0.25, 0.3) is 0 Å². The molecule has 1 aromatic rings. The zero-order valence-electron chi connectivity index (χ0n) is 15.1. The number of nitrogens with two attached hydrogens (primary N) is 1. The van der Waals surface area contributed by atoms with E-state index in [1.807, 2.05) is 18.7 Å². The van der Waals surface area contributed by atoms with Gasteiger partial charge in [-0.05, 0) is 19.8 Å². The molecule has 0 aromatic carbocycles. The second-order valence-electron chi connectivity index (χ2n) is 7.44. The molecule has 24 heavy (non-hydrogen) atoms. The van der Waals surface area contributed by atoms with Crippen molar-refractivity contribution in [2.24, 2.45) is 12.8 Å². The Labute approximate surface area is 145 Å². The summed E-state index contributed by atoms with van der Waals surface area (Å²) < 4.78 is 1.98. The Morgan fingerprint density at radius 3 is 2.54 bits per heavy atom. The van der Waals surface area contributed by atoms with Gasteiger partial charge in [0.15, 0.2) is 0 Å². The standard InChI is InChI=1S/C18H31N5O/c1-14(18(19)24)23-10-8-22(9-11-23)13-16-12-21(2)20-17(16)15-6-4-3-5-7-15/h12,14-15H,3-11,13H2,1-2H3,(H2,19,24)/t14-/m0/s1. The normalized spacial score (nSPS) is 22.6. The number of nitrogens with zero attached hydrogens (tertiary/aromatic N) is 4. The van der Waals surface area contributed by atoms with Crippen LogP contribution in [0.1, 0.15) is 56.2 Å². The van der Waals surface area contributed by atoms with Crippen molar-refractivity contribution in [3.8, 4) is 0 Å². The molecule has 2 heterocycles. The van der Waals surface area contributed by atoms with Crippen LogP contribution >= 0.6 is 0 Å². The van der Waals surface area contributed by atoms with Crippen LogP contribution in [0.15, 0.2) is 6.20 Å². The number of primary amides is 1. The maximum atomic E-state index is 11.3. The van der Waals surface area contributed by atoms with Crippen LogP contribution in [0.4, 0.5) is 0 Å². The van der Waals surface area contributed by atoms with Crippen molar-refractivity contribution >= 4 is 5.91 Å². The Morgan fingerprint density at radius 2 is 1.92 bits per heavy atom. The average Bonchev–Trinajstić information content (AvgIpc) is 2.96. The number of carbonyl (C=O) groups is 1. The molecular formula is C18H31N5O. The highest BCUT2D eigenvalue weighted by atomic mass is 16.1. The molecule has 1 aromatic heterocycles. The minimum Gasteiger partial charge on any atom is -0.368 e. The maximum absolute atomic E-state index is 11.3. The number of piperazine rings is 1. The Balaban J connectivity index is 1.60. The number of hydrogen-bond acceptors (Lipinski definition) is 4. The van der Waals surface area contributed by atoms with Crippen LogP contribution in [0, 0.1) is 0 Å². The molecule has 2 N–H and O–H groups in total. The third-order valence-corrected chi connectivity index (χ3v) is 5.69. The molecule has 1 aliphatic carbocycles. The molecular weight excluding hydrogens is 302 g/mol. The van der Waals surface area contributed by atoms with Gasteiger partial charge >= 0.3 is 0 Å². The lowest BCUT2D eigenvalue weighted by Crippen LogP contribution is -2.52. The third kappa shape index (κ3) is 3.98. The van der Waals surface area contributed by atoms with E-state index in [0.717, 1.165) is 32.7 Å². The summed E-state index contributed by atoms with van der Waals surface area (Å²) in [4.78, 5) is 16.0. The maximum Gasteiger partial charge on any atom is 0.234 e. The van der Waals surface area contributed by atoms with Crippen molar-refractivity contribution in [3.05, 3.63) is 17.5 Å². The fourth-order valence-corrected chi connectivity index (χ4v) is 4.13. The zero-order chi connectivity index (χ0) is 17.1. The Bertz CT molecular complexity index is 556. The highest BCUT2D eigenvalue weighted by molar-refractivity contribution is 5.79. The molecule has 2 fully saturated rings. The smallest absolute Gasteiger partial charge is 0.234 e. The molecule has 6 heteroatoms. The van der Waals surface area contributed by atoms with Gasteiger partial charge in [0, 0.05) is 57.4 Å². The number of amides is 1. The van der Waals surface area contributed by atoms with E-state index in [9.17, 15) is 4.79 Å². The fourth-order valence-electron chi connectivity index (χ4n) is 4.13. The quantitative estimate of drug-likeness (QED) is 0.886. The van der Waals surface area contributed by atoms with Crippen molar-refractivity contribution in [1.29, 1.82) is 0 Å². The fraction of sp³-hybridized carbons (Fsp3) is 0.778. The first-order chi connectivity index (χ1) is 11.5. The largest absolute Gasteiger partial charge is 0.368 e. The van der Waals surface area contributed by atoms with Gasteiger partial charge in [-0.15, -0.1) is 0 Å². The van der Waals surface area contributed by atoms with Gasteiger partial charge in [0.1, 0.15) is 0 Å². The average molecular weight is 333 g/mol. The Hall–Kier alpha value is -1.40. The van der Waals surface area contributed by atoms with Gasteiger partial charge < -0.3 is 5.73 Å². The molecule has 1 amide bonds. The van der Waals surface area contributed by atoms with Crippen LogP contribution in [-0.2, 0) is 18.4 Å². The van der Waals surface area contributed by atoms with E-state index in [0.29, 0.717) is 5.92 Å². The predicted molar refractivity (Wildman–Crippen MR) is 94.5 cm³/mol. The number of hydrogen-bond donors (Lipinski definition) is 1. The Morgan fingerprint density at radius 1 is 1.25 bits per heavy atom. The first kappa shape index (κ1) is 17.4. The van der Waals surface area contributed by atoms with Gasteiger partial charge in [-0.1, -0.05) is 19.3 Å². The molecule has 0 radical (unpaired) electrons. The first-order valence-corrected chi connectivity index (χ1v) is 9.32. The van der Waals surface area contributed by atoms with Crippen LogP contribution in [0.5, 0.6) is 0 Å². The lowest BCUT2D eigenvalue weighted by atomic mass is 9.85. The molecule has 134 valence electrons. The minimum atomic E-state index is -0.227. The van der Waals surface area contributed by atoms with Crippen LogP contribution in [-0.4, -0.2) is 57.7 Å². The van der Waals surface area contributed by atoms with Crippen LogP contribution < -0.4 is 5.73 Å². The Kier molecular flexibility index (Phi) is 5.56. The summed E-state index contributed by atoms with van der Waals surface area (Å²) in [5.74, 6) is 0.418. The second-order valence-corrected chi connectivity index (χ2v) is 7.44. The van der Waals surface area contributed by atoms with Crippen LogP contribution in [0.25, 0.3) is 0 Å². The van der Waals surface area contributed by atoms with E-state index < -0.39 is 0 Å². The molecule has 6 nitrogen and oxygen atoms in total. The third-order valence-electron chi connectivity index (χ3n) is 5.69. The molecule has 0 unspecified atom stereocenters. The van der Waals surface area contributed by atoms with Gasteiger partial charge in [-0.2, -0.15) is 5.10 Å². The highest BCUT2D eigenvalue weighted by Gasteiger charge is 2.26. The molecule has 3 rings (SSSR count). The summed E-state index contributed by atoms with van der Waals surface area (Å²) in [6, 6.07) is -0.164. The summed E-state index contributed by atoms with van der Waals surface area (Å²) >= 11 is 0. The molecule has 0 spiro atoms. The monoisotopic (exact) mass is 333 g/mol. The van der Waals surface area contributed by atoms with E-state index in [1.54, 1.807) is 0 Å². The molecule has 0 bridgehead atoms. The van der Waals surface area contributed by atoms with Crippen LogP contribution in [0.3, 0.4) is 0 Å². The predicted octanol–water partition coefficient (Wildman–Crippen LogP) is 1.46. The molecule has 1 saturated heterocycles. The minimum absolute atomic E-state index is 0.164. The lowest BCUT2D eigenvalue weighted by molar-refractivity contribution is -0.123. The molecule has 1 atom stereocenters. The van der Waals surface area contributed by atoms with E-state index in [-0.39, 0.29) is 11.9 Å². The van der Waals surface area contributed by atoms with Crippen molar-refractivity contribution in [2.45, 2.75) is 57.5 Å². The van der Waals surface area contributed by atoms with Crippen LogP contribution in [0.2, 0.25) is 0 Å². The van der Waals surface area contributed by atoms with Gasteiger partial charge in [0.2, 0.25) is 5.91 Å². The summed E-state index contributed by atoms with van der Waals surface area (Å²) in [6.45, 7) is 6.65. The summed E-state index contributed by atoms with van der Waals surface area (Å²) in [5, 5.41) is 4.78. The van der Waals surface area contributed by atoms with Gasteiger partial charge in [-0.25, -0.2) is 0 Å². The molecule has 1 aliphatic heterocycles. The second kappa shape index (κ2) is 7.66. The van der Waals surface area contributed by atoms with E-state index in [4.69, 9.17) is 10.8 Å². The number of carbonyl (C=O) groups excluding carboxylic acids is 1. The topological polar surface area (TPSA) is 67.4 Å². The van der Waals surface area contributed by atoms with E-state index >= 15 is 0 Å². The number of aryl methyl sites for hydroxylation is 1. The number of aromatic nitrogens is 2. The van der Waals surface area contributed by atoms with Crippen molar-refractivity contribution in [1.82, 2.24) is 19.6 Å². The molecule has 2 aliphatic rings. The van der Waals surface area contributed by atoms with E-state index in [1.165, 1.54) is 43.4 Å². The highest BCUT2D eigenvalue weighted by Crippen LogP contribution is 2.33. The summed E-state index contributed by atoms with van der Waals surface area (Å²) in [6.07, 6.45) is 8.82.